The van der Waals surface area contributed by atoms with Gasteiger partial charge in [-0.15, -0.1) is 0 Å². The minimum atomic E-state index is -0.789. The lowest BCUT2D eigenvalue weighted by Gasteiger charge is -2.45. The molecule has 6 fully saturated rings. The maximum absolute atomic E-state index is 13.2. The minimum absolute atomic E-state index is 0.0422. The molecule has 10 heteroatoms. The van der Waals surface area contributed by atoms with Crippen LogP contribution in [0.15, 0.2) is 0 Å². The molecule has 2 aliphatic heterocycles. The van der Waals surface area contributed by atoms with Crippen molar-refractivity contribution in [2.75, 3.05) is 0 Å². The van der Waals surface area contributed by atoms with Gasteiger partial charge in [0.25, 0.3) is 0 Å². The van der Waals surface area contributed by atoms with Crippen molar-refractivity contribution in [3.8, 4) is 0 Å². The first-order valence-corrected chi connectivity index (χ1v) is 14.1. The van der Waals surface area contributed by atoms with Gasteiger partial charge < -0.3 is 0 Å². The highest BCUT2D eigenvalue weighted by atomic mass is 79.9. The largest absolute Gasteiger partial charge is 0.296 e. The van der Waals surface area contributed by atoms with Gasteiger partial charge in [0.2, 0.25) is 23.6 Å². The van der Waals surface area contributed by atoms with E-state index in [1.165, 1.54) is 0 Å². The van der Waals surface area contributed by atoms with Gasteiger partial charge in [0.15, 0.2) is 0 Å². The Kier molecular flexibility index (Phi) is 4.44. The van der Waals surface area contributed by atoms with Crippen LogP contribution in [0.5, 0.6) is 0 Å². The highest BCUT2D eigenvalue weighted by Crippen LogP contribution is 2.71. The fraction of sp³-hybridized carbons (Fsp3) is 0.800. The van der Waals surface area contributed by atoms with Crippen LogP contribution < -0.4 is 10.6 Å². The molecule has 0 aromatic rings. The van der Waals surface area contributed by atoms with Crippen molar-refractivity contribution in [3.05, 3.63) is 0 Å². The standard InChI is InChI=1S/C20H20Br4N2O4/c21-11-5-3-7(13(11)23)19(9(5)15(27)25-17(19)29)1-2-20-8-4-6(12(22)14(8)24)10(20)16(28)26-18(20)30/h5-14H,1-4H2,(H,25,27,29)(H,26,28,30). The van der Waals surface area contributed by atoms with Crippen LogP contribution in [0.1, 0.15) is 25.7 Å². The van der Waals surface area contributed by atoms with E-state index < -0.39 is 10.8 Å². The Balaban J connectivity index is 1.39. The number of halogens is 4. The molecule has 2 saturated heterocycles. The first kappa shape index (κ1) is 20.8. The third kappa shape index (κ3) is 2.12. The Hall–Kier alpha value is 0.200. The second-order valence-electron chi connectivity index (χ2n) is 9.96. The number of hydrogen-bond acceptors (Lipinski definition) is 4. The second kappa shape index (κ2) is 6.41. The lowest BCUT2D eigenvalue weighted by molar-refractivity contribution is -0.137. The normalized spacial score (nSPS) is 57.7. The molecule has 4 amide bonds. The van der Waals surface area contributed by atoms with Gasteiger partial charge >= 0.3 is 0 Å². The summed E-state index contributed by atoms with van der Waals surface area (Å²) in [4.78, 5) is 52.4. The molecule has 6 rings (SSSR count). The van der Waals surface area contributed by atoms with Crippen LogP contribution in [0.25, 0.3) is 0 Å². The number of rotatable bonds is 3. The summed E-state index contributed by atoms with van der Waals surface area (Å²) in [5.41, 5.74) is -1.58. The van der Waals surface area contributed by atoms with Gasteiger partial charge in [0.05, 0.1) is 22.7 Å². The lowest BCUT2D eigenvalue weighted by Crippen LogP contribution is -2.51. The maximum Gasteiger partial charge on any atom is 0.233 e. The number of nitrogens with one attached hydrogen (secondary N) is 2. The summed E-state index contributed by atoms with van der Waals surface area (Å²) in [6, 6.07) is 0. The summed E-state index contributed by atoms with van der Waals surface area (Å²) in [7, 11) is 0. The quantitative estimate of drug-likeness (QED) is 0.357. The average molecular weight is 672 g/mol. The molecule has 0 aromatic heterocycles. The van der Waals surface area contributed by atoms with Crippen molar-refractivity contribution >= 4 is 87.3 Å². The molecule has 30 heavy (non-hydrogen) atoms. The Morgan fingerprint density at radius 2 is 1.03 bits per heavy atom. The van der Waals surface area contributed by atoms with Gasteiger partial charge in [-0.05, 0) is 49.4 Å². The first-order valence-electron chi connectivity index (χ1n) is 10.4. The van der Waals surface area contributed by atoms with Crippen molar-refractivity contribution in [1.29, 1.82) is 0 Å². The van der Waals surface area contributed by atoms with E-state index in [0.717, 1.165) is 12.8 Å². The monoisotopic (exact) mass is 668 g/mol. The molecule has 2 heterocycles. The Bertz CT molecular complexity index is 843. The predicted octanol–water partition coefficient (Wildman–Crippen LogP) is 2.64. The molecule has 0 aromatic carbocycles. The summed E-state index contributed by atoms with van der Waals surface area (Å²) in [5.74, 6) is -1.15. The van der Waals surface area contributed by atoms with Crippen molar-refractivity contribution in [2.45, 2.75) is 45.0 Å². The van der Waals surface area contributed by atoms with E-state index >= 15 is 0 Å². The SMILES string of the molecule is O=C1NC(=O)C2(CCC34C(=O)NC(=O)C3C3CC4C(Br)C3Br)C3CC(C(Br)C3Br)C12. The molecule has 162 valence electrons. The Labute approximate surface area is 207 Å². The first-order chi connectivity index (χ1) is 14.2. The number of hydrogen-bond donors (Lipinski definition) is 2. The van der Waals surface area contributed by atoms with E-state index in [-0.39, 0.29) is 78.4 Å². The van der Waals surface area contributed by atoms with Gasteiger partial charge in [-0.1, -0.05) is 63.7 Å². The molecule has 4 aliphatic carbocycles. The molecule has 12 unspecified atom stereocenters. The molecule has 0 spiro atoms. The van der Waals surface area contributed by atoms with Gasteiger partial charge in [-0.3, -0.25) is 29.8 Å². The van der Waals surface area contributed by atoms with Gasteiger partial charge in [0.1, 0.15) is 0 Å². The topological polar surface area (TPSA) is 92.3 Å². The van der Waals surface area contributed by atoms with E-state index in [1.54, 1.807) is 0 Å². The highest BCUT2D eigenvalue weighted by molar-refractivity contribution is 9.12. The Morgan fingerprint density at radius 3 is 1.40 bits per heavy atom. The highest BCUT2D eigenvalue weighted by Gasteiger charge is 2.76. The molecule has 0 radical (unpaired) electrons. The zero-order chi connectivity index (χ0) is 21.3. The number of carbonyl (C=O) groups is 4. The number of carbonyl (C=O) groups excluding carboxylic acids is 4. The van der Waals surface area contributed by atoms with Crippen LogP contribution >= 0.6 is 63.7 Å². The van der Waals surface area contributed by atoms with Crippen LogP contribution in [0.4, 0.5) is 0 Å². The average Bonchev–Trinajstić information content (AvgIpc) is 3.46. The second-order valence-corrected chi connectivity index (χ2v) is 14.2. The van der Waals surface area contributed by atoms with Crippen LogP contribution in [0.3, 0.4) is 0 Å². The van der Waals surface area contributed by atoms with Crippen LogP contribution in [0.2, 0.25) is 0 Å². The Morgan fingerprint density at radius 1 is 0.667 bits per heavy atom. The fourth-order valence-corrected chi connectivity index (χ4v) is 12.2. The van der Waals surface area contributed by atoms with E-state index in [9.17, 15) is 19.2 Å². The van der Waals surface area contributed by atoms with Crippen molar-refractivity contribution < 1.29 is 19.2 Å². The van der Waals surface area contributed by atoms with E-state index in [4.69, 9.17) is 0 Å². The van der Waals surface area contributed by atoms with E-state index in [2.05, 4.69) is 74.4 Å². The lowest BCUT2D eigenvalue weighted by atomic mass is 9.59. The third-order valence-electron chi connectivity index (χ3n) is 9.37. The molecule has 6 nitrogen and oxygen atoms in total. The van der Waals surface area contributed by atoms with E-state index in [0.29, 0.717) is 12.8 Å². The van der Waals surface area contributed by atoms with Gasteiger partial charge in [0, 0.05) is 19.3 Å². The van der Waals surface area contributed by atoms with Crippen LogP contribution in [-0.4, -0.2) is 42.9 Å². The number of fused-ring (bicyclic) bond motifs is 10. The van der Waals surface area contributed by atoms with Crippen LogP contribution in [0, 0.1) is 46.3 Å². The zero-order valence-corrected chi connectivity index (χ0v) is 22.1. The molecule has 4 bridgehead atoms. The predicted molar refractivity (Wildman–Crippen MR) is 121 cm³/mol. The number of imide groups is 2. The zero-order valence-electron chi connectivity index (χ0n) is 15.7. The minimum Gasteiger partial charge on any atom is -0.296 e. The summed E-state index contributed by atoms with van der Waals surface area (Å²) < 4.78 is 0. The molecule has 2 N–H and O–H groups in total. The summed E-state index contributed by atoms with van der Waals surface area (Å²) >= 11 is 15.0. The molecular weight excluding hydrogens is 652 g/mol. The summed E-state index contributed by atoms with van der Waals surface area (Å²) in [6.07, 6.45) is 2.58. The van der Waals surface area contributed by atoms with Crippen LogP contribution in [-0.2, 0) is 19.2 Å². The van der Waals surface area contributed by atoms with Gasteiger partial charge in [-0.25, -0.2) is 0 Å². The van der Waals surface area contributed by atoms with Crippen molar-refractivity contribution in [1.82, 2.24) is 10.6 Å². The summed E-state index contributed by atoms with van der Waals surface area (Å²) in [6.45, 7) is 0. The number of alkyl halides is 4. The van der Waals surface area contributed by atoms with Gasteiger partial charge in [-0.2, -0.15) is 0 Å². The smallest absolute Gasteiger partial charge is 0.233 e. The fourth-order valence-electron chi connectivity index (χ4n) is 8.29. The van der Waals surface area contributed by atoms with E-state index in [1.807, 2.05) is 0 Å². The molecule has 6 aliphatic rings. The van der Waals surface area contributed by atoms with Crippen molar-refractivity contribution in [2.24, 2.45) is 46.3 Å². The third-order valence-corrected chi connectivity index (χ3v) is 15.7. The molecule has 4 saturated carbocycles. The van der Waals surface area contributed by atoms with Crippen molar-refractivity contribution in [3.63, 3.8) is 0 Å². The summed E-state index contributed by atoms with van der Waals surface area (Å²) in [5, 5.41) is 5.20. The maximum atomic E-state index is 13.2. The number of amides is 4. The molecule has 12 atom stereocenters. The molecular formula is C20H20Br4N2O4.